The summed E-state index contributed by atoms with van der Waals surface area (Å²) in [5, 5.41) is 21.2. The van der Waals surface area contributed by atoms with Crippen LogP contribution in [0.1, 0.15) is 30.9 Å². The van der Waals surface area contributed by atoms with Crippen LogP contribution in [-0.2, 0) is 0 Å². The van der Waals surface area contributed by atoms with E-state index in [1.54, 1.807) is 36.4 Å². The lowest BCUT2D eigenvalue weighted by atomic mass is 10.1. The van der Waals surface area contributed by atoms with Crippen LogP contribution >= 0.6 is 11.8 Å². The Morgan fingerprint density at radius 2 is 1.77 bits per heavy atom. The highest BCUT2D eigenvalue weighted by atomic mass is 32.2. The molecule has 0 heterocycles. The Morgan fingerprint density at radius 3 is 2.38 bits per heavy atom. The van der Waals surface area contributed by atoms with Crippen molar-refractivity contribution in [1.29, 1.82) is 10.5 Å². The smallest absolute Gasteiger partial charge is 0.167 e. The summed E-state index contributed by atoms with van der Waals surface area (Å²) in [5.74, 6) is -0.830. The Bertz CT molecular complexity index is 888. The van der Waals surface area contributed by atoms with E-state index in [1.807, 2.05) is 6.92 Å². The molecule has 0 saturated heterocycles. The Hall–Kier alpha value is -2.77. The molecule has 0 bridgehead atoms. The van der Waals surface area contributed by atoms with E-state index in [-0.39, 0.29) is 10.6 Å². The van der Waals surface area contributed by atoms with Crippen LogP contribution in [0.3, 0.4) is 0 Å². The molecule has 0 spiro atoms. The molecular weight excluding hydrogens is 356 g/mol. The minimum Gasteiger partial charge on any atom is -0.495 e. The summed E-state index contributed by atoms with van der Waals surface area (Å²) in [4.78, 5) is -0.0163. The highest BCUT2D eigenvalue weighted by molar-refractivity contribution is 7.99. The number of ether oxygens (including phenoxy) is 1. The van der Waals surface area contributed by atoms with E-state index in [9.17, 15) is 14.0 Å². The van der Waals surface area contributed by atoms with Gasteiger partial charge in [0, 0.05) is 0 Å². The minimum absolute atomic E-state index is 0.0163. The molecular formula is C19H17F2N3OS. The fraction of sp³-hybridized carbons (Fsp3) is 0.263. The number of methoxy groups -OCH3 is 1. The van der Waals surface area contributed by atoms with Gasteiger partial charge in [0.1, 0.15) is 29.0 Å². The molecule has 0 radical (unpaired) electrons. The van der Waals surface area contributed by atoms with Crippen molar-refractivity contribution in [2.24, 2.45) is 0 Å². The molecule has 4 nitrogen and oxygen atoms in total. The van der Waals surface area contributed by atoms with Gasteiger partial charge in [0.15, 0.2) is 11.6 Å². The molecule has 2 aromatic rings. The van der Waals surface area contributed by atoms with Crippen LogP contribution in [0.25, 0.3) is 0 Å². The first kappa shape index (κ1) is 19.6. The molecule has 0 fully saturated rings. The average Bonchev–Trinajstić information content (AvgIpc) is 2.66. The fourth-order valence-electron chi connectivity index (χ4n) is 2.33. The van der Waals surface area contributed by atoms with Crippen molar-refractivity contribution in [2.45, 2.75) is 24.7 Å². The number of hydrogen-bond acceptors (Lipinski definition) is 5. The molecule has 26 heavy (non-hydrogen) atoms. The van der Waals surface area contributed by atoms with E-state index < -0.39 is 22.8 Å². The second kappa shape index (κ2) is 9.07. The minimum atomic E-state index is -0.949. The molecule has 0 aliphatic rings. The van der Waals surface area contributed by atoms with E-state index in [1.165, 1.54) is 7.11 Å². The van der Waals surface area contributed by atoms with Crippen molar-refractivity contribution >= 4 is 23.1 Å². The van der Waals surface area contributed by atoms with Crippen LogP contribution in [0.2, 0.25) is 0 Å². The summed E-state index contributed by atoms with van der Waals surface area (Å²) in [7, 11) is 1.47. The van der Waals surface area contributed by atoms with Gasteiger partial charge in [-0.25, -0.2) is 8.78 Å². The number of nitrogens with one attached hydrogen (secondary N) is 1. The van der Waals surface area contributed by atoms with Crippen molar-refractivity contribution in [3.63, 3.8) is 0 Å². The zero-order chi connectivity index (χ0) is 19.1. The van der Waals surface area contributed by atoms with Gasteiger partial charge in [-0.3, -0.25) is 0 Å². The average molecular weight is 373 g/mol. The lowest BCUT2D eigenvalue weighted by Gasteiger charge is -2.17. The van der Waals surface area contributed by atoms with Crippen LogP contribution in [0.4, 0.5) is 20.2 Å². The number of rotatable bonds is 7. The summed E-state index contributed by atoms with van der Waals surface area (Å²) in [5.41, 5.74) is -0.917. The molecule has 0 saturated carbocycles. The van der Waals surface area contributed by atoms with Crippen LogP contribution in [-0.4, -0.2) is 12.9 Å². The van der Waals surface area contributed by atoms with Gasteiger partial charge in [-0.05, 0) is 24.3 Å². The monoisotopic (exact) mass is 373 g/mol. The predicted octanol–water partition coefficient (Wildman–Crippen LogP) is 5.35. The molecule has 134 valence electrons. The van der Waals surface area contributed by atoms with Gasteiger partial charge in [0.05, 0.1) is 23.4 Å². The zero-order valence-electron chi connectivity index (χ0n) is 14.4. The second-order valence-electron chi connectivity index (χ2n) is 5.33. The van der Waals surface area contributed by atoms with Gasteiger partial charge in [-0.1, -0.05) is 25.5 Å². The molecule has 0 atom stereocenters. The summed E-state index contributed by atoms with van der Waals surface area (Å²) < 4.78 is 35.0. The standard InChI is InChI=1S/C19H17F2N3OS/c1-3-4-9-26-19-17(21)13(11-23)12(10-22)16(20)18(19)24-14-7-5-6-8-15(14)25-2/h5-8,24H,3-4,9H2,1-2H3. The first-order chi connectivity index (χ1) is 12.6. The van der Waals surface area contributed by atoms with E-state index in [0.29, 0.717) is 17.2 Å². The molecule has 0 amide bonds. The Morgan fingerprint density at radius 1 is 1.12 bits per heavy atom. The van der Waals surface area contributed by atoms with E-state index in [0.717, 1.165) is 24.6 Å². The normalized spacial score (nSPS) is 10.1. The third-order valence-electron chi connectivity index (χ3n) is 3.67. The number of hydrogen-bond donors (Lipinski definition) is 1. The third kappa shape index (κ3) is 3.89. The number of nitrogens with zero attached hydrogens (tertiary/aromatic N) is 2. The third-order valence-corrected chi connectivity index (χ3v) is 4.83. The number of unbranched alkanes of at least 4 members (excludes halogenated alkanes) is 1. The van der Waals surface area contributed by atoms with Gasteiger partial charge < -0.3 is 10.1 Å². The number of benzene rings is 2. The van der Waals surface area contributed by atoms with Gasteiger partial charge in [0.25, 0.3) is 0 Å². The molecule has 2 aromatic carbocycles. The summed E-state index contributed by atoms with van der Waals surface area (Å²) in [6.45, 7) is 1.99. The molecule has 1 N–H and O–H groups in total. The molecule has 2 rings (SSSR count). The number of nitriles is 2. The molecule has 0 aromatic heterocycles. The van der Waals surface area contributed by atoms with Crippen molar-refractivity contribution in [3.8, 4) is 17.9 Å². The van der Waals surface area contributed by atoms with E-state index in [4.69, 9.17) is 10.00 Å². The maximum absolute atomic E-state index is 14.9. The number of thioether (sulfide) groups is 1. The molecule has 0 aliphatic heterocycles. The number of para-hydroxylation sites is 2. The lowest BCUT2D eigenvalue weighted by Crippen LogP contribution is -2.06. The second-order valence-corrected chi connectivity index (χ2v) is 6.44. The lowest BCUT2D eigenvalue weighted by molar-refractivity contribution is 0.416. The summed E-state index contributed by atoms with van der Waals surface area (Å²) >= 11 is 1.12. The van der Waals surface area contributed by atoms with Crippen molar-refractivity contribution < 1.29 is 13.5 Å². The van der Waals surface area contributed by atoms with Gasteiger partial charge in [-0.15, -0.1) is 11.8 Å². The van der Waals surface area contributed by atoms with Crippen LogP contribution in [0, 0.1) is 34.3 Å². The Labute approximate surface area is 155 Å². The summed E-state index contributed by atoms with van der Waals surface area (Å²) in [6, 6.07) is 9.98. The van der Waals surface area contributed by atoms with E-state index >= 15 is 0 Å². The first-order valence-electron chi connectivity index (χ1n) is 7.96. The van der Waals surface area contributed by atoms with Gasteiger partial charge >= 0.3 is 0 Å². The van der Waals surface area contributed by atoms with Crippen molar-refractivity contribution in [3.05, 3.63) is 47.0 Å². The maximum atomic E-state index is 14.9. The highest BCUT2D eigenvalue weighted by Crippen LogP contribution is 2.40. The van der Waals surface area contributed by atoms with Gasteiger partial charge in [-0.2, -0.15) is 10.5 Å². The van der Waals surface area contributed by atoms with Crippen molar-refractivity contribution in [1.82, 2.24) is 0 Å². The zero-order valence-corrected chi connectivity index (χ0v) is 15.2. The quantitative estimate of drug-likeness (QED) is 0.523. The largest absolute Gasteiger partial charge is 0.495 e. The van der Waals surface area contributed by atoms with Crippen LogP contribution in [0.15, 0.2) is 29.2 Å². The fourth-order valence-corrected chi connectivity index (χ4v) is 3.48. The molecule has 0 unspecified atom stereocenters. The topological polar surface area (TPSA) is 68.8 Å². The molecule has 7 heteroatoms. The predicted molar refractivity (Wildman–Crippen MR) is 97.7 cm³/mol. The highest BCUT2D eigenvalue weighted by Gasteiger charge is 2.25. The number of halogens is 2. The maximum Gasteiger partial charge on any atom is 0.167 e. The number of anilines is 2. The van der Waals surface area contributed by atoms with Gasteiger partial charge in [0.2, 0.25) is 0 Å². The first-order valence-corrected chi connectivity index (χ1v) is 8.95. The Balaban J connectivity index is 2.63. The summed E-state index contributed by atoms with van der Waals surface area (Å²) in [6.07, 6.45) is 1.70. The SMILES string of the molecule is CCCCSc1c(F)c(C#N)c(C#N)c(F)c1Nc1ccccc1OC. The van der Waals surface area contributed by atoms with Crippen molar-refractivity contribution in [2.75, 3.05) is 18.2 Å². The Kier molecular flexibility index (Phi) is 6.82. The van der Waals surface area contributed by atoms with Crippen LogP contribution < -0.4 is 10.1 Å². The van der Waals surface area contributed by atoms with Crippen LogP contribution in [0.5, 0.6) is 5.75 Å². The van der Waals surface area contributed by atoms with E-state index in [2.05, 4.69) is 5.32 Å². The molecule has 0 aliphatic carbocycles.